The molecular formula is C13H12O2. The van der Waals surface area contributed by atoms with Crippen LogP contribution in [0.1, 0.15) is 18.1 Å². The second kappa shape index (κ2) is 4.13. The lowest BCUT2D eigenvalue weighted by Crippen LogP contribution is -2.08. The first-order valence-corrected chi connectivity index (χ1v) is 4.90. The number of hydrogen-bond donors (Lipinski definition) is 0. The number of carbonyl (C=O) groups excluding carboxylic acids is 1. The highest BCUT2D eigenvalue weighted by molar-refractivity contribution is 6.05. The van der Waals surface area contributed by atoms with Crippen molar-refractivity contribution in [1.29, 1.82) is 0 Å². The van der Waals surface area contributed by atoms with Gasteiger partial charge < -0.3 is 4.74 Å². The summed E-state index contributed by atoms with van der Waals surface area (Å²) in [6.45, 7) is 2.29. The van der Waals surface area contributed by atoms with E-state index < -0.39 is 0 Å². The average molecular weight is 200 g/mol. The summed E-state index contributed by atoms with van der Waals surface area (Å²) in [4.78, 5) is 11.5. The Bertz CT molecular complexity index is 442. The molecule has 0 amide bonds. The third-order valence-corrected chi connectivity index (χ3v) is 2.29. The van der Waals surface area contributed by atoms with E-state index in [0.717, 1.165) is 11.1 Å². The predicted octanol–water partition coefficient (Wildman–Crippen LogP) is 2.70. The second-order valence-corrected chi connectivity index (χ2v) is 3.36. The standard InChI is InChI=1S/C13H12O2/c1-2-5-12(14)13-8-10-6-3-4-7-11(10)9-15-13/h2-8H,9H2,1H3. The Labute approximate surface area is 88.9 Å². The summed E-state index contributed by atoms with van der Waals surface area (Å²) >= 11 is 0. The number of rotatable bonds is 2. The van der Waals surface area contributed by atoms with Crippen molar-refractivity contribution >= 4 is 11.9 Å². The molecule has 0 fully saturated rings. The molecule has 1 aromatic rings. The third-order valence-electron chi connectivity index (χ3n) is 2.29. The maximum atomic E-state index is 11.5. The van der Waals surface area contributed by atoms with Gasteiger partial charge >= 0.3 is 0 Å². The SMILES string of the molecule is CC=CC(=O)C1=Cc2ccccc2CO1. The van der Waals surface area contributed by atoms with Gasteiger partial charge in [0.1, 0.15) is 6.61 Å². The molecule has 0 radical (unpaired) electrons. The topological polar surface area (TPSA) is 26.3 Å². The van der Waals surface area contributed by atoms with Crippen LogP contribution in [0.25, 0.3) is 6.08 Å². The number of ketones is 1. The first-order valence-electron chi connectivity index (χ1n) is 4.90. The molecule has 0 atom stereocenters. The number of allylic oxidation sites excluding steroid dienone is 2. The molecule has 2 rings (SSSR count). The molecule has 1 aliphatic heterocycles. The highest BCUT2D eigenvalue weighted by atomic mass is 16.5. The summed E-state index contributed by atoms with van der Waals surface area (Å²) in [7, 11) is 0. The summed E-state index contributed by atoms with van der Waals surface area (Å²) in [5, 5.41) is 0. The molecular weight excluding hydrogens is 188 g/mol. The smallest absolute Gasteiger partial charge is 0.220 e. The first kappa shape index (κ1) is 9.71. The summed E-state index contributed by atoms with van der Waals surface area (Å²) < 4.78 is 5.38. The van der Waals surface area contributed by atoms with E-state index >= 15 is 0 Å². The first-order chi connectivity index (χ1) is 7.31. The molecule has 0 bridgehead atoms. The van der Waals surface area contributed by atoms with Crippen molar-refractivity contribution in [1.82, 2.24) is 0 Å². The van der Waals surface area contributed by atoms with Crippen LogP contribution in [0, 0.1) is 0 Å². The molecule has 1 heterocycles. The third kappa shape index (κ3) is 1.99. The molecule has 76 valence electrons. The number of fused-ring (bicyclic) bond motifs is 1. The zero-order valence-corrected chi connectivity index (χ0v) is 8.57. The molecule has 0 saturated heterocycles. The van der Waals surface area contributed by atoms with Crippen LogP contribution in [-0.2, 0) is 16.1 Å². The summed E-state index contributed by atoms with van der Waals surface area (Å²) in [6.07, 6.45) is 5.02. The molecule has 0 saturated carbocycles. The highest BCUT2D eigenvalue weighted by Crippen LogP contribution is 2.21. The van der Waals surface area contributed by atoms with E-state index in [1.807, 2.05) is 31.2 Å². The zero-order chi connectivity index (χ0) is 10.7. The lowest BCUT2D eigenvalue weighted by molar-refractivity contribution is -0.114. The Morgan fingerprint density at radius 1 is 1.40 bits per heavy atom. The lowest BCUT2D eigenvalue weighted by atomic mass is 10.0. The Kier molecular flexibility index (Phi) is 2.68. The van der Waals surface area contributed by atoms with E-state index in [1.54, 1.807) is 12.2 Å². The van der Waals surface area contributed by atoms with E-state index in [2.05, 4.69) is 0 Å². The van der Waals surface area contributed by atoms with Crippen molar-refractivity contribution in [2.24, 2.45) is 0 Å². The van der Waals surface area contributed by atoms with Gasteiger partial charge in [0.05, 0.1) is 0 Å². The highest BCUT2D eigenvalue weighted by Gasteiger charge is 2.14. The van der Waals surface area contributed by atoms with Crippen molar-refractivity contribution in [2.45, 2.75) is 13.5 Å². The Morgan fingerprint density at radius 3 is 3.00 bits per heavy atom. The van der Waals surface area contributed by atoms with Crippen molar-refractivity contribution in [3.8, 4) is 0 Å². The van der Waals surface area contributed by atoms with Crippen molar-refractivity contribution in [3.05, 3.63) is 53.3 Å². The van der Waals surface area contributed by atoms with Gasteiger partial charge in [-0.05, 0) is 30.2 Å². The van der Waals surface area contributed by atoms with Crippen LogP contribution in [0.2, 0.25) is 0 Å². The molecule has 0 aliphatic carbocycles. The fraction of sp³-hybridized carbons (Fsp3) is 0.154. The van der Waals surface area contributed by atoms with Gasteiger partial charge in [-0.2, -0.15) is 0 Å². The number of carbonyl (C=O) groups is 1. The monoisotopic (exact) mass is 200 g/mol. The van der Waals surface area contributed by atoms with Gasteiger partial charge in [-0.1, -0.05) is 30.3 Å². The molecule has 0 spiro atoms. The van der Waals surface area contributed by atoms with E-state index in [9.17, 15) is 4.79 Å². The predicted molar refractivity (Wildman–Crippen MR) is 59.0 cm³/mol. The van der Waals surface area contributed by atoms with E-state index in [0.29, 0.717) is 12.4 Å². The van der Waals surface area contributed by atoms with Crippen LogP contribution >= 0.6 is 0 Å². The summed E-state index contributed by atoms with van der Waals surface area (Å²) in [5.74, 6) is 0.346. The quantitative estimate of drug-likeness (QED) is 0.686. The van der Waals surface area contributed by atoms with Crippen LogP contribution in [0.5, 0.6) is 0 Å². The van der Waals surface area contributed by atoms with Crippen molar-refractivity contribution in [3.63, 3.8) is 0 Å². The van der Waals surface area contributed by atoms with Gasteiger partial charge in [-0.15, -0.1) is 0 Å². The summed E-state index contributed by atoms with van der Waals surface area (Å²) in [5.41, 5.74) is 2.19. The number of ether oxygens (including phenoxy) is 1. The zero-order valence-electron chi connectivity index (χ0n) is 8.57. The van der Waals surface area contributed by atoms with Crippen molar-refractivity contribution in [2.75, 3.05) is 0 Å². The number of benzene rings is 1. The van der Waals surface area contributed by atoms with Crippen LogP contribution in [0.15, 0.2) is 42.2 Å². The largest absolute Gasteiger partial charge is 0.485 e. The maximum Gasteiger partial charge on any atom is 0.220 e. The van der Waals surface area contributed by atoms with E-state index in [1.165, 1.54) is 6.08 Å². The van der Waals surface area contributed by atoms with Gasteiger partial charge in [-0.25, -0.2) is 0 Å². The van der Waals surface area contributed by atoms with Gasteiger partial charge in [-0.3, -0.25) is 4.79 Å². The summed E-state index contributed by atoms with van der Waals surface area (Å²) in [6, 6.07) is 7.91. The maximum absolute atomic E-state index is 11.5. The minimum absolute atomic E-state index is 0.0768. The normalized spacial score (nSPS) is 14.3. The molecule has 0 N–H and O–H groups in total. The lowest BCUT2D eigenvalue weighted by Gasteiger charge is -2.15. The Morgan fingerprint density at radius 2 is 2.20 bits per heavy atom. The van der Waals surface area contributed by atoms with Crippen LogP contribution in [0.3, 0.4) is 0 Å². The van der Waals surface area contributed by atoms with Crippen LogP contribution in [-0.4, -0.2) is 5.78 Å². The van der Waals surface area contributed by atoms with Gasteiger partial charge in [0.2, 0.25) is 5.78 Å². The average Bonchev–Trinajstić information content (AvgIpc) is 2.29. The molecule has 15 heavy (non-hydrogen) atoms. The molecule has 1 aromatic carbocycles. The van der Waals surface area contributed by atoms with E-state index in [-0.39, 0.29) is 5.78 Å². The minimum Gasteiger partial charge on any atom is -0.485 e. The molecule has 2 heteroatoms. The second-order valence-electron chi connectivity index (χ2n) is 3.36. The van der Waals surface area contributed by atoms with Gasteiger partial charge in [0.15, 0.2) is 5.76 Å². The molecule has 1 aliphatic rings. The van der Waals surface area contributed by atoms with Crippen molar-refractivity contribution < 1.29 is 9.53 Å². The number of hydrogen-bond acceptors (Lipinski definition) is 2. The molecule has 0 unspecified atom stereocenters. The van der Waals surface area contributed by atoms with Gasteiger partial charge in [0, 0.05) is 0 Å². The Hall–Kier alpha value is -1.83. The van der Waals surface area contributed by atoms with Crippen LogP contribution < -0.4 is 0 Å². The fourth-order valence-corrected chi connectivity index (χ4v) is 1.52. The van der Waals surface area contributed by atoms with Crippen LogP contribution in [0.4, 0.5) is 0 Å². The minimum atomic E-state index is -0.0768. The fourth-order valence-electron chi connectivity index (χ4n) is 1.52. The van der Waals surface area contributed by atoms with E-state index in [4.69, 9.17) is 4.74 Å². The molecule has 2 nitrogen and oxygen atoms in total. The Balaban J connectivity index is 2.33. The molecule has 0 aromatic heterocycles. The van der Waals surface area contributed by atoms with Gasteiger partial charge in [0.25, 0.3) is 0 Å².